The van der Waals surface area contributed by atoms with Gasteiger partial charge in [-0.25, -0.2) is 9.97 Å². The molecule has 0 aliphatic heterocycles. The van der Waals surface area contributed by atoms with Crippen molar-refractivity contribution in [2.45, 2.75) is 0 Å². The quantitative estimate of drug-likeness (QED) is 0.696. The first-order valence-corrected chi connectivity index (χ1v) is 5.86. The summed E-state index contributed by atoms with van der Waals surface area (Å²) in [6.45, 7) is 0. The van der Waals surface area contributed by atoms with E-state index in [-0.39, 0.29) is 10.7 Å². The molecule has 0 aliphatic carbocycles. The second kappa shape index (κ2) is 5.25. The fraction of sp³-hybridized carbons (Fsp3) is 0. The summed E-state index contributed by atoms with van der Waals surface area (Å²) in [6.07, 6.45) is 1.93. The van der Waals surface area contributed by atoms with Crippen LogP contribution in [0.1, 0.15) is 10.4 Å². The molecule has 0 atom stereocenters. The Labute approximate surface area is 111 Å². The highest BCUT2D eigenvalue weighted by atomic mass is 79.9. The van der Waals surface area contributed by atoms with Gasteiger partial charge in [-0.2, -0.15) is 0 Å². The monoisotopic (exact) mass is 311 g/mol. The average molecular weight is 313 g/mol. The molecule has 0 radical (unpaired) electrons. The average Bonchev–Trinajstić information content (AvgIpc) is 2.32. The summed E-state index contributed by atoms with van der Waals surface area (Å²) in [5.74, 6) is 0.381. The summed E-state index contributed by atoms with van der Waals surface area (Å²) in [6, 6.07) is 7.50. The highest BCUT2D eigenvalue weighted by Gasteiger charge is 2.09. The number of benzene rings is 1. The lowest BCUT2D eigenvalue weighted by Crippen LogP contribution is -2.00. The number of aromatic nitrogens is 2. The number of nitrogens with one attached hydrogen (secondary N) is 1. The van der Waals surface area contributed by atoms with Crippen molar-refractivity contribution in [3.63, 3.8) is 0 Å². The Hall–Kier alpha value is -1.46. The van der Waals surface area contributed by atoms with Gasteiger partial charge in [0.25, 0.3) is 0 Å². The maximum atomic E-state index is 10.9. The predicted octanol–water partition coefficient (Wildman–Crippen LogP) is 3.45. The van der Waals surface area contributed by atoms with Crippen LogP contribution >= 0.6 is 27.5 Å². The van der Waals surface area contributed by atoms with Crippen molar-refractivity contribution in [3.05, 3.63) is 45.8 Å². The fourth-order valence-corrected chi connectivity index (χ4v) is 1.83. The Kier molecular flexibility index (Phi) is 3.71. The summed E-state index contributed by atoms with van der Waals surface area (Å²) in [5, 5.41) is 3.15. The molecule has 0 saturated heterocycles. The third-order valence-corrected chi connectivity index (χ3v) is 3.07. The van der Waals surface area contributed by atoms with E-state index in [1.807, 2.05) is 24.3 Å². The van der Waals surface area contributed by atoms with Crippen LogP contribution in [0.15, 0.2) is 35.1 Å². The lowest BCUT2D eigenvalue weighted by Gasteiger charge is -2.09. The Morgan fingerprint density at radius 2 is 2.06 bits per heavy atom. The lowest BCUT2D eigenvalue weighted by atomic mass is 10.3. The van der Waals surface area contributed by atoms with Crippen molar-refractivity contribution in [3.8, 4) is 0 Å². The predicted molar refractivity (Wildman–Crippen MR) is 69.9 cm³/mol. The van der Waals surface area contributed by atoms with Crippen molar-refractivity contribution in [1.82, 2.24) is 9.97 Å². The van der Waals surface area contributed by atoms with Gasteiger partial charge in [-0.05, 0) is 28.1 Å². The number of hydrogen-bond acceptors (Lipinski definition) is 4. The number of aldehydes is 1. The zero-order valence-electron chi connectivity index (χ0n) is 8.52. The van der Waals surface area contributed by atoms with E-state index >= 15 is 0 Å². The highest BCUT2D eigenvalue weighted by Crippen LogP contribution is 2.27. The standard InChI is InChI=1S/C11H7BrClN3O/c12-8-3-1-2-4-9(8)16-11-7(5-17)10(13)14-6-15-11/h1-6H,(H,14,15,16). The molecule has 0 fully saturated rings. The molecule has 2 aromatic rings. The van der Waals surface area contributed by atoms with Crippen molar-refractivity contribution in [2.75, 3.05) is 5.32 Å². The molecule has 17 heavy (non-hydrogen) atoms. The van der Waals surface area contributed by atoms with E-state index in [0.29, 0.717) is 12.1 Å². The normalized spacial score (nSPS) is 10.0. The van der Waals surface area contributed by atoms with Gasteiger partial charge in [0.2, 0.25) is 0 Å². The van der Waals surface area contributed by atoms with Crippen LogP contribution in [0.4, 0.5) is 11.5 Å². The minimum atomic E-state index is 0.129. The van der Waals surface area contributed by atoms with Gasteiger partial charge < -0.3 is 5.32 Å². The maximum Gasteiger partial charge on any atom is 0.156 e. The number of carbonyl (C=O) groups is 1. The molecule has 1 N–H and O–H groups in total. The number of carbonyl (C=O) groups excluding carboxylic acids is 1. The van der Waals surface area contributed by atoms with Crippen LogP contribution in [0.25, 0.3) is 0 Å². The van der Waals surface area contributed by atoms with Crippen LogP contribution in [0.5, 0.6) is 0 Å². The van der Waals surface area contributed by atoms with Gasteiger partial charge in [0.15, 0.2) is 6.29 Å². The summed E-state index contributed by atoms with van der Waals surface area (Å²) < 4.78 is 0.867. The summed E-state index contributed by atoms with van der Waals surface area (Å²) in [4.78, 5) is 18.6. The molecule has 1 heterocycles. The molecule has 4 nitrogen and oxygen atoms in total. The first-order chi connectivity index (χ1) is 8.22. The zero-order chi connectivity index (χ0) is 12.3. The molecule has 0 spiro atoms. The molecule has 2 rings (SSSR count). The first kappa shape index (κ1) is 12.0. The molecule has 0 unspecified atom stereocenters. The number of hydrogen-bond donors (Lipinski definition) is 1. The van der Waals surface area contributed by atoms with Crippen LogP contribution in [-0.2, 0) is 0 Å². The second-order valence-corrected chi connectivity index (χ2v) is 4.36. The van der Waals surface area contributed by atoms with E-state index < -0.39 is 0 Å². The molecule has 0 bridgehead atoms. The molecular weight excluding hydrogens is 305 g/mol. The van der Waals surface area contributed by atoms with Gasteiger partial charge in [0.1, 0.15) is 17.3 Å². The summed E-state index contributed by atoms with van der Waals surface area (Å²) in [5.41, 5.74) is 1.04. The summed E-state index contributed by atoms with van der Waals surface area (Å²) >= 11 is 9.19. The molecular formula is C11H7BrClN3O. The topological polar surface area (TPSA) is 54.9 Å². The fourth-order valence-electron chi connectivity index (χ4n) is 1.27. The Morgan fingerprint density at radius 3 is 2.76 bits per heavy atom. The first-order valence-electron chi connectivity index (χ1n) is 4.69. The van der Waals surface area contributed by atoms with Gasteiger partial charge in [-0.3, -0.25) is 4.79 Å². The van der Waals surface area contributed by atoms with Gasteiger partial charge in [0.05, 0.1) is 11.3 Å². The van der Waals surface area contributed by atoms with Crippen LogP contribution < -0.4 is 5.32 Å². The van der Waals surface area contributed by atoms with E-state index in [1.54, 1.807) is 0 Å². The Bertz CT molecular complexity index is 562. The molecule has 6 heteroatoms. The minimum absolute atomic E-state index is 0.129. The van der Waals surface area contributed by atoms with E-state index in [2.05, 4.69) is 31.2 Å². The van der Waals surface area contributed by atoms with Crippen molar-refractivity contribution in [2.24, 2.45) is 0 Å². The zero-order valence-corrected chi connectivity index (χ0v) is 10.9. The minimum Gasteiger partial charge on any atom is -0.339 e. The van der Waals surface area contributed by atoms with E-state index in [9.17, 15) is 4.79 Å². The number of rotatable bonds is 3. The molecule has 0 aliphatic rings. The van der Waals surface area contributed by atoms with Crippen molar-refractivity contribution in [1.29, 1.82) is 0 Å². The lowest BCUT2D eigenvalue weighted by molar-refractivity contribution is 0.112. The molecule has 86 valence electrons. The Balaban J connectivity index is 2.40. The molecule has 1 aromatic carbocycles. The van der Waals surface area contributed by atoms with Crippen LogP contribution in [-0.4, -0.2) is 16.3 Å². The van der Waals surface area contributed by atoms with Gasteiger partial charge in [-0.15, -0.1) is 0 Å². The molecule has 0 amide bonds. The van der Waals surface area contributed by atoms with E-state index in [1.165, 1.54) is 6.33 Å². The SMILES string of the molecule is O=Cc1c(Cl)ncnc1Nc1ccccc1Br. The van der Waals surface area contributed by atoms with Gasteiger partial charge in [0, 0.05) is 4.47 Å². The summed E-state index contributed by atoms with van der Waals surface area (Å²) in [7, 11) is 0. The number of para-hydroxylation sites is 1. The number of halogens is 2. The van der Waals surface area contributed by atoms with Gasteiger partial charge in [-0.1, -0.05) is 23.7 Å². The van der Waals surface area contributed by atoms with Crippen LogP contribution in [0.2, 0.25) is 5.15 Å². The molecule has 1 aromatic heterocycles. The Morgan fingerprint density at radius 1 is 1.29 bits per heavy atom. The smallest absolute Gasteiger partial charge is 0.156 e. The third-order valence-electron chi connectivity index (χ3n) is 2.08. The van der Waals surface area contributed by atoms with Crippen molar-refractivity contribution >= 4 is 45.3 Å². The van der Waals surface area contributed by atoms with Crippen LogP contribution in [0.3, 0.4) is 0 Å². The largest absolute Gasteiger partial charge is 0.339 e. The third kappa shape index (κ3) is 2.62. The van der Waals surface area contributed by atoms with Gasteiger partial charge >= 0.3 is 0 Å². The van der Waals surface area contributed by atoms with Crippen LogP contribution in [0, 0.1) is 0 Å². The molecule has 0 saturated carbocycles. The van der Waals surface area contributed by atoms with Crippen molar-refractivity contribution < 1.29 is 4.79 Å². The second-order valence-electron chi connectivity index (χ2n) is 3.15. The van der Waals surface area contributed by atoms with E-state index in [4.69, 9.17) is 11.6 Å². The maximum absolute atomic E-state index is 10.9. The van der Waals surface area contributed by atoms with E-state index in [0.717, 1.165) is 10.2 Å². The number of anilines is 2. The highest BCUT2D eigenvalue weighted by molar-refractivity contribution is 9.10. The number of nitrogens with zero attached hydrogens (tertiary/aromatic N) is 2.